The van der Waals surface area contributed by atoms with E-state index in [-0.39, 0.29) is 24.3 Å². The van der Waals surface area contributed by atoms with Gasteiger partial charge in [0.2, 0.25) is 11.9 Å². The van der Waals surface area contributed by atoms with Gasteiger partial charge in [-0.15, -0.1) is 11.7 Å². The van der Waals surface area contributed by atoms with E-state index < -0.39 is 0 Å². The van der Waals surface area contributed by atoms with Crippen molar-refractivity contribution < 1.29 is 13.9 Å². The van der Waals surface area contributed by atoms with Crippen LogP contribution in [0.25, 0.3) is 5.57 Å². The maximum absolute atomic E-state index is 13.6. The van der Waals surface area contributed by atoms with Crippen molar-refractivity contribution in [1.82, 2.24) is 14.8 Å². The van der Waals surface area contributed by atoms with E-state index >= 15 is 0 Å². The SMILES string of the molecule is C=CCCC/C=C(\C)c1nc(NC(=C)COc2cccc(F)c2C)n(C(C)=O)n1.CC. The molecule has 0 aliphatic carbocycles. The number of carbonyl (C=O) groups excluding carboxylic acids is 1. The van der Waals surface area contributed by atoms with Crippen LogP contribution in [0, 0.1) is 12.7 Å². The van der Waals surface area contributed by atoms with Crippen molar-refractivity contribution in [2.75, 3.05) is 11.9 Å². The summed E-state index contributed by atoms with van der Waals surface area (Å²) in [7, 11) is 0. The molecule has 0 aliphatic rings. The van der Waals surface area contributed by atoms with Gasteiger partial charge >= 0.3 is 0 Å². The van der Waals surface area contributed by atoms with E-state index in [0.717, 1.165) is 24.8 Å². The molecule has 2 rings (SSSR count). The predicted octanol–water partition coefficient (Wildman–Crippen LogP) is 6.18. The summed E-state index contributed by atoms with van der Waals surface area (Å²) in [6.07, 6.45) is 6.73. The summed E-state index contributed by atoms with van der Waals surface area (Å²) in [4.78, 5) is 16.3. The van der Waals surface area contributed by atoms with Crippen LogP contribution < -0.4 is 10.1 Å². The molecule has 2 aromatic rings. The number of hydrogen-bond acceptors (Lipinski definition) is 5. The van der Waals surface area contributed by atoms with Crippen LogP contribution in [0.5, 0.6) is 5.75 Å². The lowest BCUT2D eigenvalue weighted by Crippen LogP contribution is -2.16. The topological polar surface area (TPSA) is 69.0 Å². The van der Waals surface area contributed by atoms with Gasteiger partial charge < -0.3 is 10.1 Å². The van der Waals surface area contributed by atoms with Crippen LogP contribution in [0.2, 0.25) is 0 Å². The maximum atomic E-state index is 13.6. The number of rotatable bonds is 10. The highest BCUT2D eigenvalue weighted by Crippen LogP contribution is 2.21. The standard InChI is InChI=1S/C22H27FN4O2.C2H6/c1-6-7-8-9-11-15(2)21-25-22(27(26-21)18(5)28)24-16(3)14-29-20-13-10-12-19(23)17(20)4;1-2/h6,10-13H,1,3,7-9,14H2,2,4-5H3,(H,24,25,26);1-2H3/b15-11+;. The zero-order valence-corrected chi connectivity index (χ0v) is 19.2. The van der Waals surface area contributed by atoms with Gasteiger partial charge in [0.15, 0.2) is 5.82 Å². The second-order valence-electron chi connectivity index (χ2n) is 6.68. The number of hydrogen-bond donors (Lipinski definition) is 1. The highest BCUT2D eigenvalue weighted by Gasteiger charge is 2.15. The fraction of sp³-hybridized carbons (Fsp3) is 0.375. The van der Waals surface area contributed by atoms with E-state index in [1.807, 2.05) is 32.9 Å². The first-order valence-electron chi connectivity index (χ1n) is 10.4. The monoisotopic (exact) mass is 428 g/mol. The Morgan fingerprint density at radius 2 is 2.00 bits per heavy atom. The Kier molecular flexibility index (Phi) is 11.0. The first kappa shape index (κ1) is 25.8. The molecule has 0 saturated heterocycles. The normalized spacial score (nSPS) is 10.7. The molecule has 31 heavy (non-hydrogen) atoms. The van der Waals surface area contributed by atoms with Crippen molar-refractivity contribution in [3.05, 3.63) is 66.4 Å². The molecule has 1 aromatic heterocycles. The third kappa shape index (κ3) is 7.85. The second-order valence-corrected chi connectivity index (χ2v) is 6.68. The number of benzene rings is 1. The maximum Gasteiger partial charge on any atom is 0.246 e. The lowest BCUT2D eigenvalue weighted by Gasteiger charge is -2.12. The highest BCUT2D eigenvalue weighted by atomic mass is 19.1. The summed E-state index contributed by atoms with van der Waals surface area (Å²) in [5.74, 6) is 0.546. The van der Waals surface area contributed by atoms with Crippen LogP contribution in [-0.2, 0) is 0 Å². The Bertz CT molecular complexity index is 932. The molecular formula is C24H33FN4O2. The number of anilines is 1. The molecule has 6 nitrogen and oxygen atoms in total. The van der Waals surface area contributed by atoms with Crippen molar-refractivity contribution in [2.24, 2.45) is 0 Å². The van der Waals surface area contributed by atoms with E-state index in [9.17, 15) is 9.18 Å². The van der Waals surface area contributed by atoms with Gasteiger partial charge in [-0.3, -0.25) is 4.79 Å². The average Bonchev–Trinajstić information content (AvgIpc) is 3.18. The molecule has 0 saturated carbocycles. The Morgan fingerprint density at radius 3 is 2.65 bits per heavy atom. The molecule has 0 amide bonds. The Hall–Kier alpha value is -3.22. The van der Waals surface area contributed by atoms with Crippen LogP contribution in [0.3, 0.4) is 0 Å². The fourth-order valence-electron chi connectivity index (χ4n) is 2.55. The molecule has 0 fully saturated rings. The zero-order chi connectivity index (χ0) is 23.4. The molecule has 0 radical (unpaired) electrons. The molecule has 0 atom stereocenters. The molecule has 1 N–H and O–H groups in total. The quantitative estimate of drug-likeness (QED) is 0.362. The summed E-state index contributed by atoms with van der Waals surface area (Å²) in [6, 6.07) is 4.64. The summed E-state index contributed by atoms with van der Waals surface area (Å²) >= 11 is 0. The minimum absolute atomic E-state index is 0.0841. The summed E-state index contributed by atoms with van der Waals surface area (Å²) < 4.78 is 20.4. The van der Waals surface area contributed by atoms with Crippen LogP contribution in [0.4, 0.5) is 10.3 Å². The Morgan fingerprint density at radius 1 is 1.29 bits per heavy atom. The van der Waals surface area contributed by atoms with Gasteiger partial charge in [0.05, 0.1) is 0 Å². The Balaban J connectivity index is 0.00000233. The number of carbonyl (C=O) groups is 1. The number of aromatic nitrogens is 3. The lowest BCUT2D eigenvalue weighted by molar-refractivity contribution is 0.0923. The minimum atomic E-state index is -0.336. The number of halogens is 1. The molecular weight excluding hydrogens is 395 g/mol. The van der Waals surface area contributed by atoms with Crippen molar-refractivity contribution >= 4 is 17.4 Å². The fourth-order valence-corrected chi connectivity index (χ4v) is 2.55. The number of nitrogens with one attached hydrogen (secondary N) is 1. The first-order chi connectivity index (χ1) is 14.8. The molecule has 1 heterocycles. The second kappa shape index (κ2) is 13.2. The number of allylic oxidation sites excluding steroid dienone is 3. The minimum Gasteiger partial charge on any atom is -0.487 e. The third-order valence-corrected chi connectivity index (χ3v) is 4.23. The first-order valence-corrected chi connectivity index (χ1v) is 10.4. The lowest BCUT2D eigenvalue weighted by atomic mass is 10.2. The van der Waals surface area contributed by atoms with E-state index in [2.05, 4.69) is 28.6 Å². The van der Waals surface area contributed by atoms with E-state index in [4.69, 9.17) is 4.74 Å². The van der Waals surface area contributed by atoms with Crippen LogP contribution in [0.1, 0.15) is 63.1 Å². The smallest absolute Gasteiger partial charge is 0.246 e. The largest absolute Gasteiger partial charge is 0.487 e. The van der Waals surface area contributed by atoms with Gasteiger partial charge in [-0.25, -0.2) is 4.39 Å². The van der Waals surface area contributed by atoms with E-state index in [1.165, 1.54) is 17.7 Å². The average molecular weight is 429 g/mol. The van der Waals surface area contributed by atoms with Gasteiger partial charge in [-0.2, -0.15) is 9.67 Å². The number of nitrogens with zero attached hydrogens (tertiary/aromatic N) is 3. The van der Waals surface area contributed by atoms with Crippen molar-refractivity contribution in [3.8, 4) is 5.75 Å². The van der Waals surface area contributed by atoms with Gasteiger partial charge in [0.25, 0.3) is 0 Å². The van der Waals surface area contributed by atoms with Crippen LogP contribution in [0.15, 0.2) is 49.2 Å². The van der Waals surface area contributed by atoms with Gasteiger partial charge in [-0.05, 0) is 50.8 Å². The molecule has 168 valence electrons. The van der Waals surface area contributed by atoms with Gasteiger partial charge in [-0.1, -0.05) is 38.6 Å². The molecule has 7 heteroatoms. The highest BCUT2D eigenvalue weighted by molar-refractivity contribution is 5.79. The molecule has 0 bridgehead atoms. The van der Waals surface area contributed by atoms with Gasteiger partial charge in [0, 0.05) is 18.2 Å². The number of ether oxygens (including phenoxy) is 1. The van der Waals surface area contributed by atoms with Crippen molar-refractivity contribution in [3.63, 3.8) is 0 Å². The Labute approximate surface area is 184 Å². The molecule has 0 unspecified atom stereocenters. The summed E-state index contributed by atoms with van der Waals surface area (Å²) in [5.41, 5.74) is 1.77. The van der Waals surface area contributed by atoms with Crippen molar-refractivity contribution in [1.29, 1.82) is 0 Å². The predicted molar refractivity (Wildman–Crippen MR) is 125 cm³/mol. The molecule has 0 aliphatic heterocycles. The van der Waals surface area contributed by atoms with E-state index in [0.29, 0.717) is 22.8 Å². The third-order valence-electron chi connectivity index (χ3n) is 4.23. The molecule has 1 aromatic carbocycles. The zero-order valence-electron chi connectivity index (χ0n) is 19.2. The summed E-state index contributed by atoms with van der Waals surface area (Å²) in [5, 5.41) is 7.24. The van der Waals surface area contributed by atoms with Crippen molar-refractivity contribution in [2.45, 2.75) is 53.9 Å². The van der Waals surface area contributed by atoms with Gasteiger partial charge in [0.1, 0.15) is 18.2 Å². The molecule has 0 spiro atoms. The van der Waals surface area contributed by atoms with Crippen LogP contribution in [-0.4, -0.2) is 27.3 Å². The summed E-state index contributed by atoms with van der Waals surface area (Å²) in [6.45, 7) is 16.6. The number of unbranched alkanes of at least 4 members (excludes halogenated alkanes) is 2. The van der Waals surface area contributed by atoms with Crippen LogP contribution >= 0.6 is 0 Å². The van der Waals surface area contributed by atoms with E-state index in [1.54, 1.807) is 19.1 Å².